The van der Waals surface area contributed by atoms with Gasteiger partial charge in [-0.1, -0.05) is 91.0 Å². The highest BCUT2D eigenvalue weighted by molar-refractivity contribution is 6.23. The summed E-state index contributed by atoms with van der Waals surface area (Å²) >= 11 is 0. The van der Waals surface area contributed by atoms with Crippen molar-refractivity contribution < 1.29 is 4.42 Å². The first kappa shape index (κ1) is 22.2. The lowest BCUT2D eigenvalue weighted by Crippen LogP contribution is -1.91. The second-order valence-electron chi connectivity index (χ2n) is 10.4. The highest BCUT2D eigenvalue weighted by Gasteiger charge is 2.16. The van der Waals surface area contributed by atoms with Crippen molar-refractivity contribution >= 4 is 65.4 Å². The zero-order valence-corrected chi connectivity index (χ0v) is 21.9. The smallest absolute Gasteiger partial charge is 0.145 e. The molecule has 4 aromatic heterocycles. The van der Waals surface area contributed by atoms with Gasteiger partial charge in [-0.15, -0.1) is 0 Å². The number of aromatic nitrogens is 3. The average molecular weight is 524 g/mol. The largest absolute Gasteiger partial charge is 0.455 e. The first-order valence-corrected chi connectivity index (χ1v) is 13.7. The molecule has 0 radical (unpaired) electrons. The van der Waals surface area contributed by atoms with Gasteiger partial charge in [0, 0.05) is 44.3 Å². The van der Waals surface area contributed by atoms with Crippen LogP contribution >= 0.6 is 0 Å². The third-order valence-corrected chi connectivity index (χ3v) is 8.09. The number of pyridine rings is 3. The molecule has 0 spiro atoms. The molecule has 0 aliphatic carbocycles. The van der Waals surface area contributed by atoms with E-state index < -0.39 is 0 Å². The summed E-state index contributed by atoms with van der Waals surface area (Å²) in [6.07, 6.45) is 1.82. The monoisotopic (exact) mass is 523 g/mol. The Morgan fingerprint density at radius 2 is 1.22 bits per heavy atom. The van der Waals surface area contributed by atoms with Gasteiger partial charge in [-0.3, -0.25) is 4.98 Å². The molecule has 0 amide bonds. The highest BCUT2D eigenvalue weighted by atomic mass is 16.3. The maximum absolute atomic E-state index is 6.39. The van der Waals surface area contributed by atoms with Crippen LogP contribution in [-0.2, 0) is 0 Å². The molecule has 41 heavy (non-hydrogen) atoms. The number of fused-ring (bicyclic) bond motifs is 10. The van der Waals surface area contributed by atoms with E-state index in [-0.39, 0.29) is 0 Å². The van der Waals surface area contributed by atoms with Gasteiger partial charge in [0.1, 0.15) is 11.2 Å². The minimum atomic E-state index is 0.888. The SMILES string of the molecule is c1cnc2c(c1)ccc1ccc(-c3ccc(-c4nc5ccc6c7ccccc7oc6c5c5ccccc45)cc3)nc12. The summed E-state index contributed by atoms with van der Waals surface area (Å²) in [5, 5.41) is 7.70. The van der Waals surface area contributed by atoms with Crippen LogP contribution in [0.3, 0.4) is 0 Å². The predicted octanol–water partition coefficient (Wildman–Crippen LogP) is 9.72. The zero-order chi connectivity index (χ0) is 26.9. The van der Waals surface area contributed by atoms with E-state index in [1.807, 2.05) is 24.4 Å². The number of furan rings is 1. The van der Waals surface area contributed by atoms with Gasteiger partial charge in [-0.25, -0.2) is 9.97 Å². The molecule has 0 N–H and O–H groups in total. The van der Waals surface area contributed by atoms with Crippen LogP contribution in [0.2, 0.25) is 0 Å². The van der Waals surface area contributed by atoms with Crippen molar-refractivity contribution in [1.29, 1.82) is 0 Å². The van der Waals surface area contributed by atoms with Gasteiger partial charge < -0.3 is 4.42 Å². The van der Waals surface area contributed by atoms with Gasteiger partial charge in [0.05, 0.1) is 33.3 Å². The van der Waals surface area contributed by atoms with E-state index in [1.54, 1.807) is 0 Å². The van der Waals surface area contributed by atoms with Gasteiger partial charge in [-0.05, 0) is 35.7 Å². The maximum atomic E-state index is 6.39. The fraction of sp³-hybridized carbons (Fsp3) is 0. The molecule has 0 fully saturated rings. The standard InChI is InChI=1S/C37H21N3O/c1-2-9-28-27(8-1)33-31(20-18-29-26-7-3-4-10-32(26)41-37(29)33)40-34(28)24-13-11-22(12-14-24)30-19-17-25-16-15-23-6-5-21-38-35(23)36(25)39-30/h1-21H. The van der Waals surface area contributed by atoms with Crippen molar-refractivity contribution in [1.82, 2.24) is 15.0 Å². The molecule has 9 rings (SSSR count). The molecule has 5 aromatic carbocycles. The second-order valence-corrected chi connectivity index (χ2v) is 10.4. The second kappa shape index (κ2) is 8.44. The first-order chi connectivity index (χ1) is 20.3. The quantitative estimate of drug-likeness (QED) is 0.212. The van der Waals surface area contributed by atoms with Gasteiger partial charge in [-0.2, -0.15) is 0 Å². The van der Waals surface area contributed by atoms with Crippen molar-refractivity contribution in [2.24, 2.45) is 0 Å². The van der Waals surface area contributed by atoms with E-state index in [1.165, 1.54) is 0 Å². The highest BCUT2D eigenvalue weighted by Crippen LogP contribution is 2.39. The molecule has 4 nitrogen and oxygen atoms in total. The molecule has 0 saturated carbocycles. The molecule has 0 saturated heterocycles. The number of para-hydroxylation sites is 1. The Balaban J connectivity index is 1.21. The Labute approximate surface area is 234 Å². The van der Waals surface area contributed by atoms with Crippen molar-refractivity contribution in [2.45, 2.75) is 0 Å². The Kier molecular flexibility index (Phi) is 4.58. The Morgan fingerprint density at radius 1 is 0.488 bits per heavy atom. The lowest BCUT2D eigenvalue weighted by atomic mass is 9.97. The summed E-state index contributed by atoms with van der Waals surface area (Å²) < 4.78 is 6.39. The molecular formula is C37H21N3O. The molecule has 190 valence electrons. The average Bonchev–Trinajstić information content (AvgIpc) is 3.43. The summed E-state index contributed by atoms with van der Waals surface area (Å²) in [5.74, 6) is 0. The molecule has 0 atom stereocenters. The maximum Gasteiger partial charge on any atom is 0.145 e. The van der Waals surface area contributed by atoms with E-state index in [2.05, 4.69) is 108 Å². The summed E-state index contributed by atoms with van der Waals surface area (Å²) in [4.78, 5) is 14.8. The molecule has 9 aromatic rings. The van der Waals surface area contributed by atoms with Crippen LogP contribution in [0.4, 0.5) is 0 Å². The summed E-state index contributed by atoms with van der Waals surface area (Å²) in [7, 11) is 0. The number of benzene rings is 5. The minimum Gasteiger partial charge on any atom is -0.455 e. The van der Waals surface area contributed by atoms with Crippen LogP contribution < -0.4 is 0 Å². The topological polar surface area (TPSA) is 51.8 Å². The van der Waals surface area contributed by atoms with Crippen molar-refractivity contribution in [2.75, 3.05) is 0 Å². The van der Waals surface area contributed by atoms with Crippen molar-refractivity contribution in [3.8, 4) is 22.5 Å². The van der Waals surface area contributed by atoms with E-state index in [9.17, 15) is 0 Å². The number of hydrogen-bond donors (Lipinski definition) is 0. The Hall–Kier alpha value is -5.61. The van der Waals surface area contributed by atoms with Gasteiger partial charge >= 0.3 is 0 Å². The van der Waals surface area contributed by atoms with Gasteiger partial charge in [0.25, 0.3) is 0 Å². The van der Waals surface area contributed by atoms with E-state index >= 15 is 0 Å². The lowest BCUT2D eigenvalue weighted by Gasteiger charge is -2.11. The van der Waals surface area contributed by atoms with E-state index in [0.29, 0.717) is 0 Å². The summed E-state index contributed by atoms with van der Waals surface area (Å²) in [6, 6.07) is 41.9. The fourth-order valence-electron chi connectivity index (χ4n) is 6.12. The Morgan fingerprint density at radius 3 is 2.10 bits per heavy atom. The summed E-state index contributed by atoms with van der Waals surface area (Å²) in [6.45, 7) is 0. The van der Waals surface area contributed by atoms with Crippen LogP contribution in [0.5, 0.6) is 0 Å². The molecule has 0 bridgehead atoms. The van der Waals surface area contributed by atoms with Crippen molar-refractivity contribution in [3.05, 3.63) is 128 Å². The van der Waals surface area contributed by atoms with E-state index in [0.717, 1.165) is 87.9 Å². The predicted molar refractivity (Wildman–Crippen MR) is 168 cm³/mol. The van der Waals surface area contributed by atoms with Crippen molar-refractivity contribution in [3.63, 3.8) is 0 Å². The lowest BCUT2D eigenvalue weighted by molar-refractivity contribution is 0.673. The van der Waals surface area contributed by atoms with Gasteiger partial charge in [0.15, 0.2) is 0 Å². The normalized spacial score (nSPS) is 11.9. The third kappa shape index (κ3) is 3.31. The number of hydrogen-bond acceptors (Lipinski definition) is 4. The van der Waals surface area contributed by atoms with Crippen LogP contribution in [0.15, 0.2) is 132 Å². The number of rotatable bonds is 2. The fourth-order valence-corrected chi connectivity index (χ4v) is 6.12. The molecule has 0 aliphatic heterocycles. The first-order valence-electron chi connectivity index (χ1n) is 13.7. The van der Waals surface area contributed by atoms with Crippen LogP contribution in [0.1, 0.15) is 0 Å². The molecule has 0 unspecified atom stereocenters. The third-order valence-electron chi connectivity index (χ3n) is 8.09. The van der Waals surface area contributed by atoms with Gasteiger partial charge in [0.2, 0.25) is 0 Å². The van der Waals surface area contributed by atoms with Crippen LogP contribution in [0, 0.1) is 0 Å². The number of nitrogens with zero attached hydrogens (tertiary/aromatic N) is 3. The zero-order valence-electron chi connectivity index (χ0n) is 21.9. The molecule has 4 heterocycles. The summed E-state index contributed by atoms with van der Waals surface area (Å²) in [5.41, 5.74) is 8.54. The molecule has 4 heteroatoms. The molecular weight excluding hydrogens is 502 g/mol. The van der Waals surface area contributed by atoms with Crippen LogP contribution in [0.25, 0.3) is 87.9 Å². The Bertz CT molecular complexity index is 2480. The van der Waals surface area contributed by atoms with Crippen LogP contribution in [-0.4, -0.2) is 15.0 Å². The van der Waals surface area contributed by atoms with E-state index in [4.69, 9.17) is 14.4 Å². The molecule has 0 aliphatic rings. The minimum absolute atomic E-state index is 0.888.